The summed E-state index contributed by atoms with van der Waals surface area (Å²) in [5.74, 6) is 0.843. The van der Waals surface area contributed by atoms with Gasteiger partial charge in [-0.1, -0.05) is 0 Å². The molecule has 0 saturated carbocycles. The molecule has 6 heavy (non-hydrogen) atoms. The Morgan fingerprint density at radius 3 is 2.50 bits per heavy atom. The summed E-state index contributed by atoms with van der Waals surface area (Å²) < 4.78 is 0. The van der Waals surface area contributed by atoms with E-state index in [0.717, 1.165) is 5.84 Å². The largest absolute Gasteiger partial charge is 0.240 e. The topological polar surface area (TPSA) is 26.5 Å². The van der Waals surface area contributed by atoms with E-state index in [2.05, 4.69) is 10.3 Å². The Kier molecular flexibility index (Phi) is 0.638. The summed E-state index contributed by atoms with van der Waals surface area (Å²) in [5.41, 5.74) is 0. The van der Waals surface area contributed by atoms with E-state index in [0.29, 0.717) is 0 Å². The molecular weight excluding hydrogens is 76.1 g/mol. The Balaban J connectivity index is 2.61. The minimum Gasteiger partial charge on any atom is -0.240 e. The van der Waals surface area contributed by atoms with Crippen molar-refractivity contribution in [2.45, 2.75) is 6.92 Å². The molecular formula is C4H5N2. The molecule has 0 aromatic heterocycles. The highest BCUT2D eigenvalue weighted by Crippen LogP contribution is 1.84. The summed E-state index contributed by atoms with van der Waals surface area (Å²) in [6.45, 7) is 1.86. The van der Waals surface area contributed by atoms with E-state index in [1.54, 1.807) is 12.4 Å². The van der Waals surface area contributed by atoms with E-state index < -0.39 is 0 Å². The van der Waals surface area contributed by atoms with E-state index in [9.17, 15) is 0 Å². The zero-order chi connectivity index (χ0) is 4.41. The minimum absolute atomic E-state index is 0.843. The molecule has 0 N–H and O–H groups in total. The standard InChI is InChI=1S/C4H5N2/c1-4-5-2-3-6-4/h2-3H,1H3. The monoisotopic (exact) mass is 81.0 g/mol. The SMILES string of the molecule is CC1=NC=C[N]1. The van der Waals surface area contributed by atoms with Crippen LogP contribution in [0.25, 0.3) is 0 Å². The molecule has 0 saturated heterocycles. The second-order valence-corrected chi connectivity index (χ2v) is 1.10. The van der Waals surface area contributed by atoms with Crippen molar-refractivity contribution in [2.75, 3.05) is 0 Å². The molecule has 31 valence electrons. The average molecular weight is 81.1 g/mol. The van der Waals surface area contributed by atoms with Crippen LogP contribution in [0, 0.1) is 0 Å². The van der Waals surface area contributed by atoms with E-state index >= 15 is 0 Å². The van der Waals surface area contributed by atoms with Crippen LogP contribution in [0.4, 0.5) is 0 Å². The van der Waals surface area contributed by atoms with Gasteiger partial charge in [-0.15, -0.1) is 0 Å². The van der Waals surface area contributed by atoms with Gasteiger partial charge in [0.1, 0.15) is 5.84 Å². The van der Waals surface area contributed by atoms with Crippen molar-refractivity contribution < 1.29 is 0 Å². The third-order valence-corrected chi connectivity index (χ3v) is 0.589. The fourth-order valence-electron chi connectivity index (χ4n) is 0.316. The fraction of sp³-hybridized carbons (Fsp3) is 0.250. The van der Waals surface area contributed by atoms with Crippen LogP contribution in [0.2, 0.25) is 0 Å². The van der Waals surface area contributed by atoms with Gasteiger partial charge in [0, 0.05) is 12.4 Å². The maximum absolute atomic E-state index is 3.81. The van der Waals surface area contributed by atoms with Gasteiger partial charge in [0.05, 0.1) is 0 Å². The fourth-order valence-corrected chi connectivity index (χ4v) is 0.316. The van der Waals surface area contributed by atoms with Gasteiger partial charge < -0.3 is 0 Å². The average Bonchev–Trinajstić information content (AvgIpc) is 1.86. The molecule has 0 atom stereocenters. The highest BCUT2D eigenvalue weighted by Gasteiger charge is 1.88. The summed E-state index contributed by atoms with van der Waals surface area (Å²) >= 11 is 0. The lowest BCUT2D eigenvalue weighted by Crippen LogP contribution is -1.97. The van der Waals surface area contributed by atoms with Crippen LogP contribution >= 0.6 is 0 Å². The molecule has 0 fully saturated rings. The molecule has 1 aliphatic rings. The Bertz CT molecular complexity index is 102. The Morgan fingerprint density at radius 2 is 2.33 bits per heavy atom. The van der Waals surface area contributed by atoms with Gasteiger partial charge in [-0.25, -0.2) is 10.3 Å². The Morgan fingerprint density at radius 1 is 1.50 bits per heavy atom. The smallest absolute Gasteiger partial charge is 0.125 e. The van der Waals surface area contributed by atoms with Gasteiger partial charge in [-0.2, -0.15) is 0 Å². The summed E-state index contributed by atoms with van der Waals surface area (Å²) in [7, 11) is 0. The van der Waals surface area contributed by atoms with Gasteiger partial charge >= 0.3 is 0 Å². The van der Waals surface area contributed by atoms with Crippen LogP contribution in [-0.2, 0) is 0 Å². The van der Waals surface area contributed by atoms with E-state index in [1.165, 1.54) is 0 Å². The van der Waals surface area contributed by atoms with Crippen molar-refractivity contribution in [2.24, 2.45) is 4.99 Å². The molecule has 1 aliphatic heterocycles. The first-order chi connectivity index (χ1) is 2.89. The second kappa shape index (κ2) is 1.12. The zero-order valence-corrected chi connectivity index (χ0v) is 3.55. The van der Waals surface area contributed by atoms with E-state index in [1.807, 2.05) is 6.92 Å². The van der Waals surface area contributed by atoms with Crippen LogP contribution < -0.4 is 5.32 Å². The molecule has 1 rings (SSSR count). The van der Waals surface area contributed by atoms with Crippen molar-refractivity contribution in [1.82, 2.24) is 5.32 Å². The summed E-state index contributed by atoms with van der Waals surface area (Å²) in [4.78, 5) is 3.81. The normalized spacial score (nSPS) is 17.2. The first-order valence-corrected chi connectivity index (χ1v) is 1.80. The summed E-state index contributed by atoms with van der Waals surface area (Å²) in [6, 6.07) is 0. The number of aliphatic imine (C=N–C) groups is 1. The lowest BCUT2D eigenvalue weighted by molar-refractivity contribution is 1.28. The van der Waals surface area contributed by atoms with Crippen LogP contribution in [0.15, 0.2) is 17.4 Å². The molecule has 0 bridgehead atoms. The third kappa shape index (κ3) is 0.407. The van der Waals surface area contributed by atoms with Crippen molar-refractivity contribution >= 4 is 5.84 Å². The predicted molar refractivity (Wildman–Crippen MR) is 24.4 cm³/mol. The number of hydrogen-bond donors (Lipinski definition) is 0. The number of rotatable bonds is 0. The molecule has 0 spiro atoms. The molecule has 0 amide bonds. The number of hydrogen-bond acceptors (Lipinski definition) is 1. The van der Waals surface area contributed by atoms with Gasteiger partial charge in [0.2, 0.25) is 0 Å². The highest BCUT2D eigenvalue weighted by atomic mass is 15.0. The Hall–Kier alpha value is -0.790. The molecule has 0 unspecified atom stereocenters. The van der Waals surface area contributed by atoms with E-state index in [-0.39, 0.29) is 0 Å². The molecule has 2 nitrogen and oxygen atoms in total. The van der Waals surface area contributed by atoms with Crippen LogP contribution in [0.1, 0.15) is 6.92 Å². The maximum Gasteiger partial charge on any atom is 0.125 e. The molecule has 1 heterocycles. The van der Waals surface area contributed by atoms with Crippen LogP contribution in [0.5, 0.6) is 0 Å². The predicted octanol–water partition coefficient (Wildman–Crippen LogP) is 0.494. The van der Waals surface area contributed by atoms with Crippen LogP contribution in [0.3, 0.4) is 0 Å². The van der Waals surface area contributed by atoms with Gasteiger partial charge in [-0.3, -0.25) is 0 Å². The minimum atomic E-state index is 0.843. The first kappa shape index (κ1) is 3.40. The van der Waals surface area contributed by atoms with Crippen molar-refractivity contribution in [3.05, 3.63) is 12.4 Å². The maximum atomic E-state index is 3.81. The van der Waals surface area contributed by atoms with Gasteiger partial charge in [0.25, 0.3) is 0 Å². The molecule has 0 aromatic rings. The lowest BCUT2D eigenvalue weighted by Gasteiger charge is -1.78. The third-order valence-electron chi connectivity index (χ3n) is 0.589. The van der Waals surface area contributed by atoms with Crippen molar-refractivity contribution in [1.29, 1.82) is 0 Å². The zero-order valence-electron chi connectivity index (χ0n) is 3.55. The number of amidine groups is 1. The van der Waals surface area contributed by atoms with Crippen molar-refractivity contribution in [3.8, 4) is 0 Å². The lowest BCUT2D eigenvalue weighted by atomic mass is 10.7. The summed E-state index contributed by atoms with van der Waals surface area (Å²) in [5, 5.41) is 3.81. The molecule has 0 aliphatic carbocycles. The van der Waals surface area contributed by atoms with Gasteiger partial charge in [-0.05, 0) is 6.92 Å². The highest BCUT2D eigenvalue weighted by molar-refractivity contribution is 5.82. The first-order valence-electron chi connectivity index (χ1n) is 1.80. The second-order valence-electron chi connectivity index (χ2n) is 1.10. The Labute approximate surface area is 36.6 Å². The van der Waals surface area contributed by atoms with E-state index in [4.69, 9.17) is 0 Å². The van der Waals surface area contributed by atoms with Crippen molar-refractivity contribution in [3.63, 3.8) is 0 Å². The molecule has 0 aromatic carbocycles. The quantitative estimate of drug-likeness (QED) is 0.406. The van der Waals surface area contributed by atoms with Crippen LogP contribution in [-0.4, -0.2) is 5.84 Å². The summed E-state index contributed by atoms with van der Waals surface area (Å²) in [6.07, 6.45) is 3.35. The number of nitrogens with zero attached hydrogens (tertiary/aromatic N) is 2. The van der Waals surface area contributed by atoms with Gasteiger partial charge in [0.15, 0.2) is 0 Å². The molecule has 1 radical (unpaired) electrons. The molecule has 2 heteroatoms.